The number of carbonyl (C=O) groups is 4. The summed E-state index contributed by atoms with van der Waals surface area (Å²) in [5.74, 6) is -1.96. The number of nitrogens with one attached hydrogen (secondary N) is 2. The van der Waals surface area contributed by atoms with Crippen molar-refractivity contribution in [1.29, 1.82) is 0 Å². The van der Waals surface area contributed by atoms with Gasteiger partial charge in [-0.05, 0) is 43.5 Å². The molecule has 0 aliphatic carbocycles. The average molecular weight is 411 g/mol. The van der Waals surface area contributed by atoms with Crippen LogP contribution in [0.2, 0.25) is 0 Å². The first-order valence-corrected chi connectivity index (χ1v) is 9.44. The lowest BCUT2D eigenvalue weighted by Gasteiger charge is -2.22. The largest absolute Gasteiger partial charge is 0.344 e. The molecule has 3 rings (SSSR count). The van der Waals surface area contributed by atoms with E-state index >= 15 is 0 Å². The predicted octanol–water partition coefficient (Wildman–Crippen LogP) is 1.91. The molecule has 0 spiro atoms. The number of benzene rings is 2. The first kappa shape index (κ1) is 21.2. The van der Waals surface area contributed by atoms with Crippen molar-refractivity contribution in [3.63, 3.8) is 0 Å². The molecule has 1 aliphatic heterocycles. The van der Waals surface area contributed by atoms with Crippen LogP contribution >= 0.6 is 0 Å². The lowest BCUT2D eigenvalue weighted by Crippen LogP contribution is -2.48. The zero-order chi connectivity index (χ0) is 21.9. The summed E-state index contributed by atoms with van der Waals surface area (Å²) in [6.45, 7) is 2.33. The minimum Gasteiger partial charge on any atom is -0.344 e. The van der Waals surface area contributed by atoms with Crippen LogP contribution in [0.15, 0.2) is 54.6 Å². The Morgan fingerprint density at radius 1 is 1.10 bits per heavy atom. The van der Waals surface area contributed by atoms with Crippen molar-refractivity contribution in [2.45, 2.75) is 31.8 Å². The number of urea groups is 1. The Morgan fingerprint density at radius 3 is 2.33 bits per heavy atom. The highest BCUT2D eigenvalue weighted by atomic mass is 19.1. The van der Waals surface area contributed by atoms with E-state index in [0.29, 0.717) is 12.0 Å². The molecule has 1 saturated heterocycles. The number of imide groups is 1. The van der Waals surface area contributed by atoms with E-state index < -0.39 is 41.8 Å². The molecule has 7 nitrogen and oxygen atoms in total. The van der Waals surface area contributed by atoms with Crippen LogP contribution in [-0.2, 0) is 26.3 Å². The molecule has 4 amide bonds. The number of amides is 4. The van der Waals surface area contributed by atoms with Gasteiger partial charge >= 0.3 is 6.03 Å². The van der Waals surface area contributed by atoms with E-state index in [-0.39, 0.29) is 5.78 Å². The third kappa shape index (κ3) is 4.37. The van der Waals surface area contributed by atoms with E-state index in [4.69, 9.17) is 0 Å². The number of ketones is 1. The number of hydrogen-bond donors (Lipinski definition) is 2. The molecule has 2 aromatic carbocycles. The van der Waals surface area contributed by atoms with Gasteiger partial charge in [-0.1, -0.05) is 42.5 Å². The highest BCUT2D eigenvalue weighted by Gasteiger charge is 2.49. The second-order valence-corrected chi connectivity index (χ2v) is 7.37. The second kappa shape index (κ2) is 8.44. The Bertz CT molecular complexity index is 978. The summed E-state index contributed by atoms with van der Waals surface area (Å²) in [4.78, 5) is 50.5. The minimum atomic E-state index is -1.41. The molecule has 1 fully saturated rings. The number of halogens is 1. The fourth-order valence-electron chi connectivity index (χ4n) is 3.35. The van der Waals surface area contributed by atoms with E-state index in [9.17, 15) is 23.6 Å². The van der Waals surface area contributed by atoms with Crippen molar-refractivity contribution in [2.24, 2.45) is 0 Å². The average Bonchev–Trinajstić information content (AvgIpc) is 2.92. The van der Waals surface area contributed by atoms with Gasteiger partial charge in [-0.2, -0.15) is 0 Å². The van der Waals surface area contributed by atoms with Gasteiger partial charge in [0.2, 0.25) is 5.91 Å². The highest BCUT2D eigenvalue weighted by Crippen LogP contribution is 2.28. The van der Waals surface area contributed by atoms with Crippen molar-refractivity contribution in [1.82, 2.24) is 15.5 Å². The molecular formula is C22H22FN3O4. The molecule has 2 N–H and O–H groups in total. The fraction of sp³-hybridized carbons (Fsp3) is 0.273. The molecule has 2 aromatic rings. The van der Waals surface area contributed by atoms with Gasteiger partial charge in [-0.3, -0.25) is 19.3 Å². The summed E-state index contributed by atoms with van der Waals surface area (Å²) in [6, 6.07) is 12.9. The van der Waals surface area contributed by atoms with Gasteiger partial charge in [0.05, 0.1) is 6.04 Å². The second-order valence-electron chi connectivity index (χ2n) is 7.37. The first-order valence-electron chi connectivity index (χ1n) is 9.44. The van der Waals surface area contributed by atoms with Gasteiger partial charge in [-0.25, -0.2) is 9.18 Å². The molecule has 1 aliphatic rings. The standard InChI is InChI=1S/C22H22FN3O4/c1-14(27)18(12-15-6-4-3-5-7-15)24-19(28)13-26-20(29)22(2,25-21(26)30)16-8-10-17(23)11-9-16/h3-11,18H,12-13H2,1-2H3,(H,24,28)(H,25,30). The maximum absolute atomic E-state index is 13.2. The van der Waals surface area contributed by atoms with Crippen molar-refractivity contribution in [2.75, 3.05) is 6.54 Å². The van der Waals surface area contributed by atoms with Crippen LogP contribution in [-0.4, -0.2) is 41.1 Å². The molecule has 1 heterocycles. The smallest absolute Gasteiger partial charge is 0.325 e. The van der Waals surface area contributed by atoms with Gasteiger partial charge in [-0.15, -0.1) is 0 Å². The summed E-state index contributed by atoms with van der Waals surface area (Å²) < 4.78 is 13.2. The molecule has 30 heavy (non-hydrogen) atoms. The molecule has 0 saturated carbocycles. The maximum atomic E-state index is 13.2. The molecule has 0 aromatic heterocycles. The molecule has 0 radical (unpaired) electrons. The Kier molecular flexibility index (Phi) is 5.96. The van der Waals surface area contributed by atoms with Crippen LogP contribution in [0.5, 0.6) is 0 Å². The van der Waals surface area contributed by atoms with Crippen LogP contribution in [0.1, 0.15) is 25.0 Å². The minimum absolute atomic E-state index is 0.236. The Hall–Kier alpha value is -3.55. The zero-order valence-electron chi connectivity index (χ0n) is 16.6. The molecule has 156 valence electrons. The lowest BCUT2D eigenvalue weighted by atomic mass is 9.92. The van der Waals surface area contributed by atoms with Crippen LogP contribution in [0.3, 0.4) is 0 Å². The number of hydrogen-bond acceptors (Lipinski definition) is 4. The van der Waals surface area contributed by atoms with E-state index in [0.717, 1.165) is 10.5 Å². The van der Waals surface area contributed by atoms with Crippen molar-refractivity contribution >= 4 is 23.6 Å². The summed E-state index contributed by atoms with van der Waals surface area (Å²) in [7, 11) is 0. The van der Waals surface area contributed by atoms with Crippen molar-refractivity contribution in [3.8, 4) is 0 Å². The molecule has 8 heteroatoms. The van der Waals surface area contributed by atoms with E-state index in [2.05, 4.69) is 10.6 Å². The van der Waals surface area contributed by atoms with Crippen LogP contribution in [0.25, 0.3) is 0 Å². The number of carbonyl (C=O) groups excluding carboxylic acids is 4. The van der Waals surface area contributed by atoms with Gasteiger partial charge in [0.15, 0.2) is 5.78 Å². The van der Waals surface area contributed by atoms with E-state index in [1.165, 1.54) is 38.1 Å². The van der Waals surface area contributed by atoms with Crippen LogP contribution < -0.4 is 10.6 Å². The number of Topliss-reactive ketones (excluding diaryl/α,β-unsaturated/α-hetero) is 1. The summed E-state index contributed by atoms with van der Waals surface area (Å²) >= 11 is 0. The Labute approximate surface area is 173 Å². The summed E-state index contributed by atoms with van der Waals surface area (Å²) in [5.41, 5.74) is -0.137. The predicted molar refractivity (Wildman–Crippen MR) is 107 cm³/mol. The Balaban J connectivity index is 1.69. The SMILES string of the molecule is CC(=O)C(Cc1ccccc1)NC(=O)CN1C(=O)NC(C)(c2ccc(F)cc2)C1=O. The summed E-state index contributed by atoms with van der Waals surface area (Å²) in [5, 5.41) is 5.15. The molecule has 0 bridgehead atoms. The third-order valence-electron chi connectivity index (χ3n) is 5.11. The molecule has 2 unspecified atom stereocenters. The monoisotopic (exact) mass is 411 g/mol. The molecule has 2 atom stereocenters. The third-order valence-corrected chi connectivity index (χ3v) is 5.11. The maximum Gasteiger partial charge on any atom is 0.325 e. The van der Waals surface area contributed by atoms with Gasteiger partial charge in [0, 0.05) is 0 Å². The van der Waals surface area contributed by atoms with Crippen molar-refractivity contribution < 1.29 is 23.6 Å². The van der Waals surface area contributed by atoms with Crippen LogP contribution in [0.4, 0.5) is 9.18 Å². The lowest BCUT2D eigenvalue weighted by molar-refractivity contribution is -0.135. The Morgan fingerprint density at radius 2 is 1.73 bits per heavy atom. The van der Waals surface area contributed by atoms with E-state index in [1.807, 2.05) is 30.3 Å². The topological polar surface area (TPSA) is 95.6 Å². The number of rotatable bonds is 7. The first-order chi connectivity index (χ1) is 14.2. The quantitative estimate of drug-likeness (QED) is 0.681. The normalized spacial score (nSPS) is 19.4. The zero-order valence-corrected chi connectivity index (χ0v) is 16.6. The van der Waals surface area contributed by atoms with Crippen LogP contribution in [0, 0.1) is 5.82 Å². The highest BCUT2D eigenvalue weighted by molar-refractivity contribution is 6.09. The van der Waals surface area contributed by atoms with Gasteiger partial charge in [0.25, 0.3) is 5.91 Å². The fourth-order valence-corrected chi connectivity index (χ4v) is 3.35. The molecular weight excluding hydrogens is 389 g/mol. The summed E-state index contributed by atoms with van der Waals surface area (Å²) in [6.07, 6.45) is 0.301. The number of nitrogens with zero attached hydrogens (tertiary/aromatic N) is 1. The van der Waals surface area contributed by atoms with Gasteiger partial charge < -0.3 is 10.6 Å². The van der Waals surface area contributed by atoms with E-state index in [1.54, 1.807) is 0 Å². The van der Waals surface area contributed by atoms with Gasteiger partial charge in [0.1, 0.15) is 17.9 Å². The van der Waals surface area contributed by atoms with Crippen molar-refractivity contribution in [3.05, 3.63) is 71.5 Å².